The van der Waals surface area contributed by atoms with Crippen LogP contribution in [0.4, 0.5) is 0 Å². The maximum absolute atomic E-state index is 11.8. The Morgan fingerprint density at radius 2 is 1.95 bits per heavy atom. The fourth-order valence-electron chi connectivity index (χ4n) is 2.08. The predicted molar refractivity (Wildman–Crippen MR) is 78.9 cm³/mol. The summed E-state index contributed by atoms with van der Waals surface area (Å²) in [6.07, 6.45) is 0.504. The molecule has 0 atom stereocenters. The van der Waals surface area contributed by atoms with Gasteiger partial charge in [-0.1, -0.05) is 30.3 Å². The molecule has 5 heteroatoms. The van der Waals surface area contributed by atoms with Crippen LogP contribution in [-0.2, 0) is 22.6 Å². The number of hydrogen-bond acceptors (Lipinski definition) is 4. The van der Waals surface area contributed by atoms with Gasteiger partial charge in [-0.05, 0) is 25.8 Å². The molecule has 0 saturated heterocycles. The molecule has 1 N–H and O–H groups in total. The van der Waals surface area contributed by atoms with Crippen molar-refractivity contribution in [1.82, 2.24) is 9.97 Å². The Balaban J connectivity index is 1.89. The lowest BCUT2D eigenvalue weighted by atomic mass is 10.1. The molecule has 0 spiro atoms. The van der Waals surface area contributed by atoms with Gasteiger partial charge in [0.25, 0.3) is 5.56 Å². The van der Waals surface area contributed by atoms with Crippen LogP contribution in [0.15, 0.2) is 35.1 Å². The molecule has 0 saturated carbocycles. The number of nitrogens with zero attached hydrogens (tertiary/aromatic N) is 1. The van der Waals surface area contributed by atoms with E-state index >= 15 is 0 Å². The van der Waals surface area contributed by atoms with Gasteiger partial charge in [0.2, 0.25) is 0 Å². The molecule has 0 unspecified atom stereocenters. The van der Waals surface area contributed by atoms with E-state index in [1.807, 2.05) is 30.3 Å². The van der Waals surface area contributed by atoms with Gasteiger partial charge in [-0.2, -0.15) is 0 Å². The van der Waals surface area contributed by atoms with Crippen LogP contribution in [0.3, 0.4) is 0 Å². The molecule has 0 aliphatic heterocycles. The number of ether oxygens (including phenoxy) is 1. The summed E-state index contributed by atoms with van der Waals surface area (Å²) in [4.78, 5) is 30.4. The van der Waals surface area contributed by atoms with Crippen molar-refractivity contribution in [3.8, 4) is 0 Å². The maximum atomic E-state index is 11.8. The molecule has 1 aromatic carbocycles. The number of hydrogen-bond donors (Lipinski definition) is 1. The molecule has 1 aromatic heterocycles. The minimum absolute atomic E-state index is 0.168. The predicted octanol–water partition coefficient (Wildman–Crippen LogP) is 2.06. The lowest BCUT2D eigenvalue weighted by molar-refractivity contribution is -0.144. The van der Waals surface area contributed by atoms with Crippen molar-refractivity contribution in [2.75, 3.05) is 0 Å². The van der Waals surface area contributed by atoms with Crippen molar-refractivity contribution in [3.05, 3.63) is 63.3 Å². The molecule has 0 aliphatic carbocycles. The Morgan fingerprint density at radius 1 is 1.24 bits per heavy atom. The Hall–Kier alpha value is -2.43. The molecule has 5 nitrogen and oxygen atoms in total. The summed E-state index contributed by atoms with van der Waals surface area (Å²) in [6, 6.07) is 9.48. The Morgan fingerprint density at radius 3 is 2.62 bits per heavy atom. The van der Waals surface area contributed by atoms with E-state index in [0.717, 1.165) is 5.56 Å². The first-order chi connectivity index (χ1) is 10.1. The van der Waals surface area contributed by atoms with Crippen LogP contribution in [0, 0.1) is 13.8 Å². The zero-order valence-electron chi connectivity index (χ0n) is 12.2. The number of carbonyl (C=O) groups is 1. The molecule has 0 aliphatic rings. The molecule has 0 fully saturated rings. The lowest BCUT2D eigenvalue weighted by Crippen LogP contribution is -2.19. The summed E-state index contributed by atoms with van der Waals surface area (Å²) >= 11 is 0. The quantitative estimate of drug-likeness (QED) is 0.854. The summed E-state index contributed by atoms with van der Waals surface area (Å²) in [5, 5.41) is 0. The number of aryl methyl sites for hydroxylation is 2. The van der Waals surface area contributed by atoms with Crippen molar-refractivity contribution in [2.45, 2.75) is 33.3 Å². The summed E-state index contributed by atoms with van der Waals surface area (Å²) in [6.45, 7) is 3.75. The Labute approximate surface area is 123 Å². The number of rotatable bonds is 5. The standard InChI is InChI=1S/C16H18N2O3/c1-11-14(16(20)18-12(2)17-11)8-9-15(19)21-10-13-6-4-3-5-7-13/h3-7H,8-10H2,1-2H3,(H,17,18,20). The first kappa shape index (κ1) is 15.0. The second-order valence-corrected chi connectivity index (χ2v) is 4.86. The molecule has 1 heterocycles. The zero-order valence-corrected chi connectivity index (χ0v) is 12.2. The highest BCUT2D eigenvalue weighted by Crippen LogP contribution is 2.05. The Bertz CT molecular complexity index is 678. The average Bonchev–Trinajstić information content (AvgIpc) is 2.45. The number of esters is 1. The fraction of sp³-hybridized carbons (Fsp3) is 0.312. The second kappa shape index (κ2) is 6.83. The SMILES string of the molecule is Cc1nc(C)c(CCC(=O)OCc2ccccc2)c(=O)[nH]1. The number of carbonyl (C=O) groups excluding carboxylic acids is 1. The van der Waals surface area contributed by atoms with E-state index in [1.165, 1.54) is 0 Å². The molecule has 21 heavy (non-hydrogen) atoms. The Kier molecular flexibility index (Phi) is 4.87. The highest BCUT2D eigenvalue weighted by atomic mass is 16.5. The number of nitrogens with one attached hydrogen (secondary N) is 1. The monoisotopic (exact) mass is 286 g/mol. The number of aromatic nitrogens is 2. The molecular formula is C16H18N2O3. The van der Waals surface area contributed by atoms with E-state index in [2.05, 4.69) is 9.97 Å². The van der Waals surface area contributed by atoms with Crippen LogP contribution in [0.5, 0.6) is 0 Å². The van der Waals surface area contributed by atoms with Gasteiger partial charge in [-0.15, -0.1) is 0 Å². The van der Waals surface area contributed by atoms with Crippen molar-refractivity contribution >= 4 is 5.97 Å². The topological polar surface area (TPSA) is 72.0 Å². The summed E-state index contributed by atoms with van der Waals surface area (Å²) in [5.41, 5.74) is 1.96. The number of benzene rings is 1. The van der Waals surface area contributed by atoms with Crippen molar-refractivity contribution < 1.29 is 9.53 Å². The van der Waals surface area contributed by atoms with Gasteiger partial charge in [-0.25, -0.2) is 4.98 Å². The smallest absolute Gasteiger partial charge is 0.306 e. The average molecular weight is 286 g/mol. The molecule has 0 radical (unpaired) electrons. The summed E-state index contributed by atoms with van der Waals surface area (Å²) in [7, 11) is 0. The first-order valence-corrected chi connectivity index (χ1v) is 6.82. The van der Waals surface area contributed by atoms with E-state index < -0.39 is 0 Å². The fourth-order valence-corrected chi connectivity index (χ4v) is 2.08. The minimum Gasteiger partial charge on any atom is -0.461 e. The van der Waals surface area contributed by atoms with Crippen LogP contribution in [0.2, 0.25) is 0 Å². The third-order valence-corrected chi connectivity index (χ3v) is 3.16. The van der Waals surface area contributed by atoms with Crippen molar-refractivity contribution in [1.29, 1.82) is 0 Å². The summed E-state index contributed by atoms with van der Waals surface area (Å²) < 4.78 is 5.18. The van der Waals surface area contributed by atoms with Gasteiger partial charge in [0, 0.05) is 17.7 Å². The van der Waals surface area contributed by atoms with Gasteiger partial charge < -0.3 is 9.72 Å². The third kappa shape index (κ3) is 4.27. The van der Waals surface area contributed by atoms with Crippen molar-refractivity contribution in [2.24, 2.45) is 0 Å². The van der Waals surface area contributed by atoms with E-state index in [-0.39, 0.29) is 24.6 Å². The van der Waals surface area contributed by atoms with Gasteiger partial charge in [0.15, 0.2) is 0 Å². The van der Waals surface area contributed by atoms with E-state index in [9.17, 15) is 9.59 Å². The highest BCUT2D eigenvalue weighted by molar-refractivity contribution is 5.69. The second-order valence-electron chi connectivity index (χ2n) is 4.86. The van der Waals surface area contributed by atoms with Crippen LogP contribution >= 0.6 is 0 Å². The van der Waals surface area contributed by atoms with Gasteiger partial charge in [0.05, 0.1) is 0 Å². The molecule has 2 rings (SSSR count). The first-order valence-electron chi connectivity index (χ1n) is 6.82. The molecule has 2 aromatic rings. The van der Waals surface area contributed by atoms with Gasteiger partial charge >= 0.3 is 5.97 Å². The number of H-pyrrole nitrogens is 1. The minimum atomic E-state index is -0.321. The molecule has 110 valence electrons. The molecular weight excluding hydrogens is 268 g/mol. The van der Waals surface area contributed by atoms with E-state index in [1.54, 1.807) is 13.8 Å². The van der Waals surface area contributed by atoms with Crippen LogP contribution in [-0.4, -0.2) is 15.9 Å². The van der Waals surface area contributed by atoms with E-state index in [4.69, 9.17) is 4.74 Å². The van der Waals surface area contributed by atoms with Crippen LogP contribution in [0.25, 0.3) is 0 Å². The lowest BCUT2D eigenvalue weighted by Gasteiger charge is -2.06. The van der Waals surface area contributed by atoms with Crippen LogP contribution in [0.1, 0.15) is 29.1 Å². The molecule has 0 bridgehead atoms. The maximum Gasteiger partial charge on any atom is 0.306 e. The van der Waals surface area contributed by atoms with Gasteiger partial charge in [0.1, 0.15) is 12.4 Å². The molecule has 0 amide bonds. The largest absolute Gasteiger partial charge is 0.461 e. The highest BCUT2D eigenvalue weighted by Gasteiger charge is 2.10. The van der Waals surface area contributed by atoms with Crippen LogP contribution < -0.4 is 5.56 Å². The zero-order chi connectivity index (χ0) is 15.2. The van der Waals surface area contributed by atoms with Crippen molar-refractivity contribution in [3.63, 3.8) is 0 Å². The third-order valence-electron chi connectivity index (χ3n) is 3.16. The van der Waals surface area contributed by atoms with E-state index in [0.29, 0.717) is 23.5 Å². The number of aromatic amines is 1. The van der Waals surface area contributed by atoms with Gasteiger partial charge in [-0.3, -0.25) is 9.59 Å². The summed E-state index contributed by atoms with van der Waals surface area (Å²) in [5.74, 6) is 0.256. The normalized spacial score (nSPS) is 10.4.